The van der Waals surface area contributed by atoms with Crippen molar-refractivity contribution in [2.45, 2.75) is 6.92 Å². The summed E-state index contributed by atoms with van der Waals surface area (Å²) in [7, 11) is 1.53. The summed E-state index contributed by atoms with van der Waals surface area (Å²) in [6.07, 6.45) is 1.50. The minimum absolute atomic E-state index is 0.142. The van der Waals surface area contributed by atoms with E-state index in [1.165, 1.54) is 13.2 Å². The molecule has 0 aromatic heterocycles. The zero-order valence-corrected chi connectivity index (χ0v) is 8.65. The first-order valence-electron chi connectivity index (χ1n) is 4.48. The maximum atomic E-state index is 11.7. The lowest BCUT2D eigenvalue weighted by molar-refractivity contribution is 0.103. The van der Waals surface area contributed by atoms with Crippen molar-refractivity contribution < 1.29 is 9.53 Å². The van der Waals surface area contributed by atoms with E-state index in [2.05, 4.69) is 0 Å². The number of ether oxygens (including phenoxy) is 1. The van der Waals surface area contributed by atoms with Crippen LogP contribution in [0.2, 0.25) is 0 Å². The Morgan fingerprint density at radius 1 is 1.53 bits per heavy atom. The number of hydrogen-bond acceptors (Lipinski definition) is 3. The van der Waals surface area contributed by atoms with Gasteiger partial charge in [0.2, 0.25) is 5.78 Å². The molecule has 0 atom stereocenters. The quantitative estimate of drug-likeness (QED) is 0.428. The molecule has 0 fully saturated rings. The lowest BCUT2D eigenvalue weighted by atomic mass is 10.0. The summed E-state index contributed by atoms with van der Waals surface area (Å²) in [5.74, 6) is 0.327. The van der Waals surface area contributed by atoms with Crippen LogP contribution in [-0.4, -0.2) is 12.9 Å². The third-order valence-corrected chi connectivity index (χ3v) is 1.99. The number of carbonyl (C=O) groups is 1. The molecule has 3 heteroatoms. The van der Waals surface area contributed by atoms with Gasteiger partial charge in [0.25, 0.3) is 0 Å². The lowest BCUT2D eigenvalue weighted by Gasteiger charge is -2.02. The summed E-state index contributed by atoms with van der Waals surface area (Å²) in [6.45, 7) is 1.66. The summed E-state index contributed by atoms with van der Waals surface area (Å²) in [5, 5.41) is 8.71. The molecule has 0 aliphatic rings. The first-order valence-corrected chi connectivity index (χ1v) is 4.48. The van der Waals surface area contributed by atoms with Crippen LogP contribution >= 0.6 is 0 Å². The van der Waals surface area contributed by atoms with Gasteiger partial charge in [-0.2, -0.15) is 5.26 Å². The maximum absolute atomic E-state index is 11.7. The smallest absolute Gasteiger partial charge is 0.203 e. The Hall–Kier alpha value is -2.08. The number of carbonyl (C=O) groups excluding carboxylic acids is 1. The highest BCUT2D eigenvalue weighted by molar-refractivity contribution is 6.11. The van der Waals surface area contributed by atoms with Crippen molar-refractivity contribution in [2.75, 3.05) is 7.11 Å². The monoisotopic (exact) mass is 201 g/mol. The predicted molar refractivity (Wildman–Crippen MR) is 56.7 cm³/mol. The average Bonchev–Trinajstić information content (AvgIpc) is 2.30. The molecule has 1 aromatic carbocycles. The number of hydrogen-bond donors (Lipinski definition) is 0. The van der Waals surface area contributed by atoms with Crippen LogP contribution in [0.1, 0.15) is 17.3 Å². The molecule has 76 valence electrons. The Morgan fingerprint density at radius 2 is 2.27 bits per heavy atom. The van der Waals surface area contributed by atoms with E-state index >= 15 is 0 Å². The van der Waals surface area contributed by atoms with Crippen molar-refractivity contribution in [3.05, 3.63) is 41.5 Å². The minimum Gasteiger partial charge on any atom is -0.497 e. The van der Waals surface area contributed by atoms with Gasteiger partial charge in [-0.3, -0.25) is 4.79 Å². The van der Waals surface area contributed by atoms with Crippen LogP contribution in [0.4, 0.5) is 0 Å². The van der Waals surface area contributed by atoms with E-state index in [1.807, 2.05) is 6.07 Å². The molecule has 0 bridgehead atoms. The fourth-order valence-electron chi connectivity index (χ4n) is 1.17. The molecule has 15 heavy (non-hydrogen) atoms. The molecule has 1 rings (SSSR count). The number of benzene rings is 1. The maximum Gasteiger partial charge on any atom is 0.203 e. The second kappa shape index (κ2) is 4.97. The molecular weight excluding hydrogens is 190 g/mol. The molecule has 0 spiro atoms. The number of nitrogens with zero attached hydrogens (tertiary/aromatic N) is 1. The van der Waals surface area contributed by atoms with Gasteiger partial charge < -0.3 is 4.74 Å². The number of Topliss-reactive ketones (excluding diaryl/α,β-unsaturated/α-hetero) is 1. The molecule has 0 unspecified atom stereocenters. The van der Waals surface area contributed by atoms with Gasteiger partial charge in [0, 0.05) is 5.56 Å². The van der Waals surface area contributed by atoms with Crippen LogP contribution in [0.15, 0.2) is 35.9 Å². The molecule has 0 heterocycles. The van der Waals surface area contributed by atoms with Gasteiger partial charge in [0.15, 0.2) is 0 Å². The van der Waals surface area contributed by atoms with Gasteiger partial charge in [-0.25, -0.2) is 0 Å². The fourth-order valence-corrected chi connectivity index (χ4v) is 1.17. The van der Waals surface area contributed by atoms with Crippen LogP contribution in [0.25, 0.3) is 0 Å². The zero-order chi connectivity index (χ0) is 11.3. The Labute approximate surface area is 88.6 Å². The van der Waals surface area contributed by atoms with E-state index in [4.69, 9.17) is 10.00 Å². The zero-order valence-electron chi connectivity index (χ0n) is 8.65. The molecule has 0 aliphatic carbocycles. The number of rotatable bonds is 3. The first-order chi connectivity index (χ1) is 7.22. The molecule has 3 nitrogen and oxygen atoms in total. The molecule has 0 saturated carbocycles. The Kier molecular flexibility index (Phi) is 3.64. The average molecular weight is 201 g/mol. The van der Waals surface area contributed by atoms with Crippen molar-refractivity contribution in [3.8, 4) is 11.8 Å². The van der Waals surface area contributed by atoms with Crippen molar-refractivity contribution in [1.82, 2.24) is 0 Å². The number of allylic oxidation sites excluding steroid dienone is 2. The topological polar surface area (TPSA) is 50.1 Å². The summed E-state index contributed by atoms with van der Waals surface area (Å²) in [5.41, 5.74) is 0.604. The van der Waals surface area contributed by atoms with Crippen molar-refractivity contribution in [2.24, 2.45) is 0 Å². The van der Waals surface area contributed by atoms with E-state index in [9.17, 15) is 4.79 Å². The third-order valence-electron chi connectivity index (χ3n) is 1.99. The van der Waals surface area contributed by atoms with E-state index < -0.39 is 0 Å². The number of ketones is 1. The van der Waals surface area contributed by atoms with Crippen molar-refractivity contribution >= 4 is 5.78 Å². The molecular formula is C12H11NO2. The van der Waals surface area contributed by atoms with E-state index in [-0.39, 0.29) is 11.4 Å². The van der Waals surface area contributed by atoms with E-state index in [0.717, 1.165) is 0 Å². The summed E-state index contributed by atoms with van der Waals surface area (Å²) in [4.78, 5) is 11.7. The molecule has 1 aromatic rings. The normalized spacial score (nSPS) is 10.6. The van der Waals surface area contributed by atoms with Gasteiger partial charge in [0.05, 0.1) is 12.7 Å². The van der Waals surface area contributed by atoms with Crippen LogP contribution in [-0.2, 0) is 0 Å². The van der Waals surface area contributed by atoms with Crippen molar-refractivity contribution in [3.63, 3.8) is 0 Å². The highest BCUT2D eigenvalue weighted by atomic mass is 16.5. The van der Waals surface area contributed by atoms with Gasteiger partial charge in [-0.05, 0) is 19.1 Å². The molecule has 0 N–H and O–H groups in total. The molecule has 0 radical (unpaired) electrons. The van der Waals surface area contributed by atoms with Gasteiger partial charge >= 0.3 is 0 Å². The summed E-state index contributed by atoms with van der Waals surface area (Å²) >= 11 is 0. The van der Waals surface area contributed by atoms with Gasteiger partial charge in [0.1, 0.15) is 11.8 Å². The Bertz CT molecular complexity index is 441. The standard InChI is InChI=1S/C12H11NO2/c1-3-9(8-13)12(14)10-5-4-6-11(7-10)15-2/h3-7H,1-2H3. The summed E-state index contributed by atoms with van der Waals surface area (Å²) < 4.78 is 5.00. The Balaban J connectivity index is 3.07. The highest BCUT2D eigenvalue weighted by Crippen LogP contribution is 2.15. The minimum atomic E-state index is -0.279. The molecule has 0 aliphatic heterocycles. The molecule has 0 amide bonds. The predicted octanol–water partition coefficient (Wildman–Crippen LogP) is 2.35. The highest BCUT2D eigenvalue weighted by Gasteiger charge is 2.11. The van der Waals surface area contributed by atoms with Crippen LogP contribution in [0.3, 0.4) is 0 Å². The molecule has 0 saturated heterocycles. The first kappa shape index (κ1) is 11.0. The van der Waals surface area contributed by atoms with E-state index in [1.54, 1.807) is 31.2 Å². The lowest BCUT2D eigenvalue weighted by Crippen LogP contribution is -2.01. The second-order valence-electron chi connectivity index (χ2n) is 2.88. The van der Waals surface area contributed by atoms with Crippen LogP contribution in [0, 0.1) is 11.3 Å². The fraction of sp³-hybridized carbons (Fsp3) is 0.167. The van der Waals surface area contributed by atoms with Crippen LogP contribution in [0.5, 0.6) is 5.75 Å². The largest absolute Gasteiger partial charge is 0.497 e. The van der Waals surface area contributed by atoms with Crippen LogP contribution < -0.4 is 4.74 Å². The second-order valence-corrected chi connectivity index (χ2v) is 2.88. The summed E-state index contributed by atoms with van der Waals surface area (Å²) in [6, 6.07) is 8.60. The number of methoxy groups -OCH3 is 1. The van der Waals surface area contributed by atoms with Gasteiger partial charge in [-0.15, -0.1) is 0 Å². The van der Waals surface area contributed by atoms with E-state index in [0.29, 0.717) is 11.3 Å². The van der Waals surface area contributed by atoms with Crippen molar-refractivity contribution in [1.29, 1.82) is 5.26 Å². The number of nitriles is 1. The SMILES string of the molecule is CC=C(C#N)C(=O)c1cccc(OC)c1. The Morgan fingerprint density at radius 3 is 2.80 bits per heavy atom. The third kappa shape index (κ3) is 2.44. The van der Waals surface area contributed by atoms with Gasteiger partial charge in [-0.1, -0.05) is 18.2 Å².